The number of nitrogens with zero attached hydrogens (tertiary/aromatic N) is 1. The highest BCUT2D eigenvalue weighted by atomic mass is 35.5. The third-order valence-corrected chi connectivity index (χ3v) is 7.68. The van der Waals surface area contributed by atoms with Crippen LogP contribution in [-0.2, 0) is 20.9 Å². The number of nitrogens with one attached hydrogen (secondary N) is 1. The minimum absolute atomic E-state index is 0.0279. The molecule has 2 aliphatic rings. The predicted octanol–water partition coefficient (Wildman–Crippen LogP) is 6.05. The molecule has 0 fully saturated rings. The topological polar surface area (TPSA) is 67.9 Å². The van der Waals surface area contributed by atoms with Gasteiger partial charge in [-0.1, -0.05) is 71.7 Å². The van der Waals surface area contributed by atoms with Gasteiger partial charge in [0.05, 0.1) is 28.1 Å². The number of para-hydroxylation sites is 1. The summed E-state index contributed by atoms with van der Waals surface area (Å²) in [6, 6.07) is 21.5. The van der Waals surface area contributed by atoms with Crippen molar-refractivity contribution in [1.82, 2.24) is 10.2 Å². The van der Waals surface area contributed by atoms with E-state index < -0.39 is 17.7 Å². The average Bonchev–Trinajstić information content (AvgIpc) is 2.94. The summed E-state index contributed by atoms with van der Waals surface area (Å²) < 4.78 is 26.6. The Hall–Kier alpha value is -3.65. The fourth-order valence-electron chi connectivity index (χ4n) is 5.13. The van der Waals surface area contributed by atoms with Gasteiger partial charge in [0.15, 0.2) is 5.78 Å². The number of rotatable bonds is 8. The number of halogens is 3. The van der Waals surface area contributed by atoms with E-state index in [0.29, 0.717) is 30.2 Å². The van der Waals surface area contributed by atoms with Crippen molar-refractivity contribution in [2.24, 2.45) is 0 Å². The molecule has 0 bridgehead atoms. The second kappa shape index (κ2) is 12.3. The molecule has 1 N–H and O–H groups in total. The van der Waals surface area contributed by atoms with E-state index in [4.69, 9.17) is 32.7 Å². The first-order valence-corrected chi connectivity index (χ1v) is 13.6. The number of esters is 1. The van der Waals surface area contributed by atoms with Crippen LogP contribution in [0.2, 0.25) is 10.0 Å². The van der Waals surface area contributed by atoms with Gasteiger partial charge in [-0.25, -0.2) is 9.18 Å². The second-order valence-corrected chi connectivity index (χ2v) is 10.4. The van der Waals surface area contributed by atoms with Crippen LogP contribution in [0.25, 0.3) is 0 Å². The fraction of sp³-hybridized carbons (Fsp3) is 0.226. The molecule has 1 atom stereocenters. The van der Waals surface area contributed by atoms with E-state index in [9.17, 15) is 9.59 Å². The SMILES string of the molecule is CC1=C(C(=O)OCCOc2ccccc2)C(c2c(F)ccc(Cl)c2Cl)C2=C(CN(Cc3ccccc3)CC2=O)N1. The molecular formula is C31H27Cl2FN2O4. The predicted molar refractivity (Wildman–Crippen MR) is 152 cm³/mol. The molecular weight excluding hydrogens is 554 g/mol. The first-order valence-electron chi connectivity index (χ1n) is 12.8. The number of ketones is 1. The summed E-state index contributed by atoms with van der Waals surface area (Å²) in [5, 5.41) is 3.30. The zero-order valence-corrected chi connectivity index (χ0v) is 23.3. The van der Waals surface area contributed by atoms with Crippen molar-refractivity contribution in [3.8, 4) is 5.75 Å². The van der Waals surface area contributed by atoms with Gasteiger partial charge in [-0.15, -0.1) is 0 Å². The molecule has 1 unspecified atom stereocenters. The van der Waals surface area contributed by atoms with E-state index >= 15 is 4.39 Å². The minimum atomic E-state index is -1.09. The number of allylic oxidation sites excluding steroid dienone is 1. The lowest BCUT2D eigenvalue weighted by atomic mass is 9.77. The normalized spacial score (nSPS) is 17.4. The summed E-state index contributed by atoms with van der Waals surface area (Å²) in [7, 11) is 0. The van der Waals surface area contributed by atoms with Crippen LogP contribution in [0, 0.1) is 5.82 Å². The molecule has 2 aliphatic heterocycles. The highest BCUT2D eigenvalue weighted by Gasteiger charge is 2.43. The van der Waals surface area contributed by atoms with Crippen molar-refractivity contribution in [1.29, 1.82) is 0 Å². The zero-order chi connectivity index (χ0) is 28.2. The maximum absolute atomic E-state index is 15.4. The van der Waals surface area contributed by atoms with E-state index in [1.165, 1.54) is 12.1 Å². The molecule has 0 amide bonds. The summed E-state index contributed by atoms with van der Waals surface area (Å²) in [5.41, 5.74) is 2.46. The second-order valence-electron chi connectivity index (χ2n) is 9.60. The molecule has 0 spiro atoms. The van der Waals surface area contributed by atoms with Gasteiger partial charge in [0, 0.05) is 35.6 Å². The van der Waals surface area contributed by atoms with Gasteiger partial charge in [0.1, 0.15) is 24.8 Å². The maximum atomic E-state index is 15.4. The van der Waals surface area contributed by atoms with Crippen LogP contribution in [0.5, 0.6) is 5.75 Å². The molecule has 5 rings (SSSR count). The first kappa shape index (κ1) is 27.9. The molecule has 40 heavy (non-hydrogen) atoms. The van der Waals surface area contributed by atoms with Crippen LogP contribution < -0.4 is 10.1 Å². The van der Waals surface area contributed by atoms with Crippen LogP contribution in [0.1, 0.15) is 24.0 Å². The van der Waals surface area contributed by atoms with Crippen molar-refractivity contribution < 1.29 is 23.5 Å². The van der Waals surface area contributed by atoms with E-state index in [2.05, 4.69) is 5.32 Å². The Morgan fingerprint density at radius 3 is 2.42 bits per heavy atom. The summed E-state index contributed by atoms with van der Waals surface area (Å²) in [6.45, 7) is 2.82. The highest BCUT2D eigenvalue weighted by molar-refractivity contribution is 6.42. The molecule has 3 aromatic carbocycles. The quantitative estimate of drug-likeness (QED) is 0.198. The van der Waals surface area contributed by atoms with Gasteiger partial charge in [-0.2, -0.15) is 0 Å². The van der Waals surface area contributed by atoms with E-state index in [1.807, 2.05) is 53.4 Å². The maximum Gasteiger partial charge on any atom is 0.336 e. The largest absolute Gasteiger partial charge is 0.490 e. The van der Waals surface area contributed by atoms with E-state index in [1.54, 1.807) is 19.1 Å². The zero-order valence-electron chi connectivity index (χ0n) is 21.8. The number of dihydropyridines is 1. The van der Waals surface area contributed by atoms with Crippen LogP contribution in [0.15, 0.2) is 95.3 Å². The summed E-state index contributed by atoms with van der Waals surface area (Å²) in [5.74, 6) is -2.06. The summed E-state index contributed by atoms with van der Waals surface area (Å²) in [4.78, 5) is 29.2. The molecule has 0 radical (unpaired) electrons. The molecule has 3 aromatic rings. The Kier molecular flexibility index (Phi) is 8.54. The third-order valence-electron chi connectivity index (χ3n) is 6.86. The van der Waals surface area contributed by atoms with Crippen LogP contribution >= 0.6 is 23.2 Å². The van der Waals surface area contributed by atoms with Gasteiger partial charge in [0.25, 0.3) is 0 Å². The van der Waals surface area contributed by atoms with Crippen molar-refractivity contribution in [2.75, 3.05) is 26.3 Å². The van der Waals surface area contributed by atoms with Crippen LogP contribution in [-0.4, -0.2) is 43.0 Å². The first-order chi connectivity index (χ1) is 19.3. The Morgan fingerprint density at radius 2 is 1.70 bits per heavy atom. The molecule has 0 aliphatic carbocycles. The lowest BCUT2D eigenvalue weighted by Crippen LogP contribution is -2.45. The van der Waals surface area contributed by atoms with Gasteiger partial charge in [0.2, 0.25) is 0 Å². The van der Waals surface area contributed by atoms with E-state index in [-0.39, 0.29) is 52.3 Å². The number of carbonyl (C=O) groups excluding carboxylic acids is 2. The number of ether oxygens (including phenoxy) is 2. The monoisotopic (exact) mass is 580 g/mol. The Bertz CT molecular complexity index is 1490. The molecule has 0 aromatic heterocycles. The lowest BCUT2D eigenvalue weighted by Gasteiger charge is -2.38. The number of Topliss-reactive ketones (excluding diaryl/α,β-unsaturated/α-hetero) is 1. The summed E-state index contributed by atoms with van der Waals surface area (Å²) in [6.07, 6.45) is 0. The standard InChI is InChI=1S/C31H27Cl2FN2O4/c1-19-26(31(38)40-15-14-39-21-10-6-3-7-11-21)29(27-23(34)13-12-22(32)30(27)33)28-24(35-19)17-36(18-25(28)37)16-20-8-4-2-5-9-20/h2-13,29,35H,14-18H2,1H3. The smallest absolute Gasteiger partial charge is 0.336 e. The summed E-state index contributed by atoms with van der Waals surface area (Å²) >= 11 is 12.8. The Labute approximate surface area is 242 Å². The van der Waals surface area contributed by atoms with Gasteiger partial charge >= 0.3 is 5.97 Å². The fourth-order valence-corrected chi connectivity index (χ4v) is 5.55. The molecule has 206 valence electrons. The molecule has 6 nitrogen and oxygen atoms in total. The van der Waals surface area contributed by atoms with E-state index in [0.717, 1.165) is 5.56 Å². The van der Waals surface area contributed by atoms with Crippen molar-refractivity contribution in [3.05, 3.63) is 122 Å². The van der Waals surface area contributed by atoms with Gasteiger partial charge < -0.3 is 14.8 Å². The van der Waals surface area contributed by atoms with Gasteiger partial charge in [-0.3, -0.25) is 9.69 Å². The van der Waals surface area contributed by atoms with Crippen molar-refractivity contribution in [3.63, 3.8) is 0 Å². The van der Waals surface area contributed by atoms with Crippen LogP contribution in [0.4, 0.5) is 4.39 Å². The number of carbonyl (C=O) groups is 2. The number of hydrogen-bond donors (Lipinski definition) is 1. The molecule has 0 saturated carbocycles. The minimum Gasteiger partial charge on any atom is -0.490 e. The highest BCUT2D eigenvalue weighted by Crippen LogP contribution is 2.45. The molecule has 9 heteroatoms. The Morgan fingerprint density at radius 1 is 1.00 bits per heavy atom. The van der Waals surface area contributed by atoms with Crippen molar-refractivity contribution in [2.45, 2.75) is 19.4 Å². The Balaban J connectivity index is 1.45. The average molecular weight is 581 g/mol. The molecule has 2 heterocycles. The van der Waals surface area contributed by atoms with Crippen LogP contribution in [0.3, 0.4) is 0 Å². The number of hydrogen-bond acceptors (Lipinski definition) is 6. The van der Waals surface area contributed by atoms with Crippen molar-refractivity contribution >= 4 is 35.0 Å². The molecule has 0 saturated heterocycles. The lowest BCUT2D eigenvalue weighted by molar-refractivity contribution is -0.140. The third kappa shape index (κ3) is 5.92. The number of benzene rings is 3. The van der Waals surface area contributed by atoms with Gasteiger partial charge in [-0.05, 0) is 36.8 Å².